The first-order chi connectivity index (χ1) is 18.0. The molecule has 0 spiro atoms. The molecule has 3 aromatic heterocycles. The van der Waals surface area contributed by atoms with Crippen LogP contribution >= 0.6 is 0 Å². The maximum atomic E-state index is 13.0. The molecular formula is C28H23N7O2. The van der Waals surface area contributed by atoms with Crippen LogP contribution in [0.1, 0.15) is 38.9 Å². The predicted molar refractivity (Wildman–Crippen MR) is 141 cm³/mol. The van der Waals surface area contributed by atoms with Gasteiger partial charge in [0.2, 0.25) is 0 Å². The van der Waals surface area contributed by atoms with Crippen molar-refractivity contribution in [3.05, 3.63) is 114 Å². The molecule has 37 heavy (non-hydrogen) atoms. The number of nitrogens with one attached hydrogen (secondary N) is 2. The van der Waals surface area contributed by atoms with Crippen LogP contribution in [-0.4, -0.2) is 37.1 Å². The first-order valence-electron chi connectivity index (χ1n) is 11.6. The van der Waals surface area contributed by atoms with Crippen molar-refractivity contribution < 1.29 is 9.59 Å². The minimum absolute atomic E-state index is 0.222. The van der Waals surface area contributed by atoms with Crippen LogP contribution in [0.2, 0.25) is 0 Å². The Hall–Kier alpha value is -5.18. The van der Waals surface area contributed by atoms with E-state index in [1.165, 1.54) is 6.20 Å². The van der Waals surface area contributed by atoms with Gasteiger partial charge in [-0.3, -0.25) is 14.6 Å². The standard InChI is InChI=1S/C28H23N7O2/c1-18-16-25(21-6-4-3-5-7-21)32-26-24(17-30-35(18)26)28(37)34-33-19(2)20-8-10-23(11-9-20)31-27(36)22-12-14-29-15-13-22/h3-17H,1-2H3,(H,31,36)(H,34,37)/b33-19+. The number of pyridine rings is 1. The molecule has 0 aliphatic heterocycles. The van der Waals surface area contributed by atoms with Gasteiger partial charge in [-0.15, -0.1) is 0 Å². The van der Waals surface area contributed by atoms with Gasteiger partial charge in [-0.2, -0.15) is 10.2 Å². The SMILES string of the molecule is C/C(=N\NC(=O)c1cnn2c(C)cc(-c3ccccc3)nc12)c1ccc(NC(=O)c2ccncc2)cc1. The Morgan fingerprint density at radius 1 is 0.892 bits per heavy atom. The number of nitrogens with zero attached hydrogens (tertiary/aromatic N) is 5. The zero-order valence-electron chi connectivity index (χ0n) is 20.2. The van der Waals surface area contributed by atoms with E-state index >= 15 is 0 Å². The van der Waals surface area contributed by atoms with Crippen LogP contribution in [0, 0.1) is 6.92 Å². The van der Waals surface area contributed by atoms with E-state index in [-0.39, 0.29) is 5.91 Å². The smallest absolute Gasteiger partial charge is 0.276 e. The van der Waals surface area contributed by atoms with Gasteiger partial charge in [0.15, 0.2) is 5.65 Å². The molecule has 0 saturated carbocycles. The molecule has 0 aliphatic rings. The Kier molecular flexibility index (Phi) is 6.50. The van der Waals surface area contributed by atoms with Crippen LogP contribution in [0.15, 0.2) is 96.5 Å². The second-order valence-electron chi connectivity index (χ2n) is 8.35. The van der Waals surface area contributed by atoms with Gasteiger partial charge < -0.3 is 5.32 Å². The Bertz CT molecular complexity index is 1610. The van der Waals surface area contributed by atoms with Crippen LogP contribution in [0.5, 0.6) is 0 Å². The summed E-state index contributed by atoms with van der Waals surface area (Å²) in [5.74, 6) is -0.631. The van der Waals surface area contributed by atoms with Gasteiger partial charge in [-0.1, -0.05) is 42.5 Å². The Morgan fingerprint density at radius 2 is 1.62 bits per heavy atom. The van der Waals surface area contributed by atoms with Crippen LogP contribution in [0.3, 0.4) is 0 Å². The van der Waals surface area contributed by atoms with Gasteiger partial charge in [0.05, 0.1) is 17.6 Å². The third kappa shape index (κ3) is 5.10. The lowest BCUT2D eigenvalue weighted by Crippen LogP contribution is -2.19. The molecule has 2 N–H and O–H groups in total. The van der Waals surface area contributed by atoms with Crippen molar-refractivity contribution in [2.24, 2.45) is 5.10 Å². The van der Waals surface area contributed by atoms with Crippen molar-refractivity contribution in [2.45, 2.75) is 13.8 Å². The monoisotopic (exact) mass is 489 g/mol. The van der Waals surface area contributed by atoms with Crippen molar-refractivity contribution in [3.8, 4) is 11.3 Å². The topological polar surface area (TPSA) is 114 Å². The van der Waals surface area contributed by atoms with E-state index in [1.807, 2.05) is 55.5 Å². The summed E-state index contributed by atoms with van der Waals surface area (Å²) in [6, 6.07) is 22.2. The average molecular weight is 490 g/mol. The summed E-state index contributed by atoms with van der Waals surface area (Å²) in [6.07, 6.45) is 4.63. The van der Waals surface area contributed by atoms with Crippen molar-refractivity contribution in [1.82, 2.24) is 25.0 Å². The largest absolute Gasteiger partial charge is 0.322 e. The van der Waals surface area contributed by atoms with Gasteiger partial charge in [0.25, 0.3) is 11.8 Å². The zero-order chi connectivity index (χ0) is 25.8. The number of anilines is 1. The van der Waals surface area contributed by atoms with Gasteiger partial charge in [0.1, 0.15) is 5.56 Å². The number of hydrogen-bond acceptors (Lipinski definition) is 6. The molecule has 0 unspecified atom stereocenters. The summed E-state index contributed by atoms with van der Waals surface area (Å²) >= 11 is 0. The summed E-state index contributed by atoms with van der Waals surface area (Å²) in [5.41, 5.74) is 8.52. The first-order valence-corrected chi connectivity index (χ1v) is 11.6. The first kappa shape index (κ1) is 23.6. The second kappa shape index (κ2) is 10.2. The summed E-state index contributed by atoms with van der Waals surface area (Å²) < 4.78 is 1.64. The minimum atomic E-state index is -0.410. The number of aromatic nitrogens is 4. The molecule has 0 bridgehead atoms. The molecule has 2 aromatic carbocycles. The van der Waals surface area contributed by atoms with E-state index < -0.39 is 5.91 Å². The second-order valence-corrected chi connectivity index (χ2v) is 8.35. The lowest BCUT2D eigenvalue weighted by Gasteiger charge is -2.07. The minimum Gasteiger partial charge on any atom is -0.322 e. The number of hydrogen-bond donors (Lipinski definition) is 2. The highest BCUT2D eigenvalue weighted by Gasteiger charge is 2.16. The van der Waals surface area contributed by atoms with Crippen molar-refractivity contribution in [2.75, 3.05) is 5.32 Å². The molecule has 182 valence electrons. The maximum Gasteiger partial charge on any atom is 0.276 e. The van der Waals surface area contributed by atoms with E-state index in [0.717, 1.165) is 22.5 Å². The van der Waals surface area contributed by atoms with Crippen LogP contribution in [0.4, 0.5) is 5.69 Å². The Balaban J connectivity index is 1.30. The van der Waals surface area contributed by atoms with Crippen LogP contribution in [0.25, 0.3) is 16.9 Å². The summed E-state index contributed by atoms with van der Waals surface area (Å²) in [4.78, 5) is 33.9. The number of carbonyl (C=O) groups is 2. The molecule has 5 rings (SSSR count). The molecule has 0 saturated heterocycles. The summed E-state index contributed by atoms with van der Waals surface area (Å²) in [5, 5.41) is 11.4. The molecule has 0 radical (unpaired) electrons. The molecular weight excluding hydrogens is 466 g/mol. The van der Waals surface area contributed by atoms with E-state index in [0.29, 0.717) is 28.2 Å². The highest BCUT2D eigenvalue weighted by molar-refractivity contribution is 6.05. The summed E-state index contributed by atoms with van der Waals surface area (Å²) in [6.45, 7) is 3.71. The third-order valence-electron chi connectivity index (χ3n) is 5.79. The van der Waals surface area contributed by atoms with Crippen molar-refractivity contribution in [3.63, 3.8) is 0 Å². The molecule has 0 atom stereocenters. The lowest BCUT2D eigenvalue weighted by atomic mass is 10.1. The highest BCUT2D eigenvalue weighted by Crippen LogP contribution is 2.21. The van der Waals surface area contributed by atoms with E-state index in [2.05, 4.69) is 30.9 Å². The average Bonchev–Trinajstić information content (AvgIpc) is 3.38. The predicted octanol–water partition coefficient (Wildman–Crippen LogP) is 4.51. The van der Waals surface area contributed by atoms with E-state index in [9.17, 15) is 9.59 Å². The number of aryl methyl sites for hydroxylation is 1. The maximum absolute atomic E-state index is 13.0. The third-order valence-corrected chi connectivity index (χ3v) is 5.79. The fourth-order valence-electron chi connectivity index (χ4n) is 3.79. The molecule has 9 nitrogen and oxygen atoms in total. The molecule has 0 aliphatic carbocycles. The summed E-state index contributed by atoms with van der Waals surface area (Å²) in [7, 11) is 0. The Labute approximate surface area is 212 Å². The number of rotatable bonds is 6. The molecule has 2 amide bonds. The van der Waals surface area contributed by atoms with Crippen LogP contribution < -0.4 is 10.7 Å². The molecule has 0 fully saturated rings. The number of fused-ring (bicyclic) bond motifs is 1. The van der Waals surface area contributed by atoms with Gasteiger partial charge in [-0.05, 0) is 49.7 Å². The molecule has 3 heterocycles. The van der Waals surface area contributed by atoms with Crippen LogP contribution in [-0.2, 0) is 0 Å². The normalized spacial score (nSPS) is 11.4. The number of hydrazone groups is 1. The molecule has 5 aromatic rings. The number of carbonyl (C=O) groups excluding carboxylic acids is 2. The van der Waals surface area contributed by atoms with Crippen molar-refractivity contribution >= 4 is 28.9 Å². The van der Waals surface area contributed by atoms with Gasteiger partial charge in [0, 0.05) is 34.9 Å². The lowest BCUT2D eigenvalue weighted by molar-refractivity contribution is 0.0955. The fourth-order valence-corrected chi connectivity index (χ4v) is 3.79. The highest BCUT2D eigenvalue weighted by atomic mass is 16.2. The fraction of sp³-hybridized carbons (Fsp3) is 0.0714. The number of benzene rings is 2. The van der Waals surface area contributed by atoms with E-state index in [4.69, 9.17) is 0 Å². The van der Waals surface area contributed by atoms with Crippen molar-refractivity contribution in [1.29, 1.82) is 0 Å². The van der Waals surface area contributed by atoms with Gasteiger partial charge >= 0.3 is 0 Å². The number of amides is 2. The zero-order valence-corrected chi connectivity index (χ0v) is 20.2. The van der Waals surface area contributed by atoms with E-state index in [1.54, 1.807) is 48.1 Å². The molecule has 9 heteroatoms. The Morgan fingerprint density at radius 3 is 2.35 bits per heavy atom. The quantitative estimate of drug-likeness (QED) is 0.269. The van der Waals surface area contributed by atoms with Gasteiger partial charge in [-0.25, -0.2) is 14.9 Å².